The van der Waals surface area contributed by atoms with E-state index in [1.165, 1.54) is 0 Å². The number of likely N-dealkylation sites (tertiary alicyclic amines) is 1. The maximum atomic E-state index is 13.5. The van der Waals surface area contributed by atoms with Crippen molar-refractivity contribution in [2.45, 2.75) is 37.3 Å². The SMILES string of the molecule is CC(C)(C)CC(=O)N1CC(S(=O)(=O)c2cc(-c3cnc(N)nc3)cc(N3CCOCC3)c2)C1. The quantitative estimate of drug-likeness (QED) is 0.700. The Morgan fingerprint density at radius 2 is 1.73 bits per heavy atom. The van der Waals surface area contributed by atoms with Gasteiger partial charge in [-0.25, -0.2) is 18.4 Å². The number of ether oxygens (including phenoxy) is 1. The van der Waals surface area contributed by atoms with Gasteiger partial charge in [0, 0.05) is 56.2 Å². The molecule has 2 aliphatic rings. The van der Waals surface area contributed by atoms with E-state index in [2.05, 4.69) is 14.9 Å². The topological polar surface area (TPSA) is 119 Å². The number of nitrogen functional groups attached to an aromatic ring is 1. The number of aromatic nitrogens is 2. The lowest BCUT2D eigenvalue weighted by molar-refractivity contribution is -0.136. The summed E-state index contributed by atoms with van der Waals surface area (Å²) in [7, 11) is -3.63. The molecule has 0 bridgehead atoms. The maximum absolute atomic E-state index is 13.5. The third-order valence-corrected chi connectivity index (χ3v) is 7.99. The van der Waals surface area contributed by atoms with E-state index in [9.17, 15) is 13.2 Å². The van der Waals surface area contributed by atoms with Crippen molar-refractivity contribution in [1.29, 1.82) is 0 Å². The first-order valence-electron chi connectivity index (χ1n) is 11.1. The summed E-state index contributed by atoms with van der Waals surface area (Å²) in [5.41, 5.74) is 7.69. The molecule has 2 aromatic rings. The van der Waals surface area contributed by atoms with Gasteiger partial charge >= 0.3 is 0 Å². The van der Waals surface area contributed by atoms with Crippen molar-refractivity contribution >= 4 is 27.4 Å². The van der Waals surface area contributed by atoms with Gasteiger partial charge in [-0.2, -0.15) is 0 Å². The summed E-state index contributed by atoms with van der Waals surface area (Å²) in [6.07, 6.45) is 3.58. The van der Waals surface area contributed by atoms with Crippen molar-refractivity contribution in [2.75, 3.05) is 50.0 Å². The monoisotopic (exact) mass is 473 g/mol. The van der Waals surface area contributed by atoms with E-state index in [1.807, 2.05) is 26.8 Å². The smallest absolute Gasteiger partial charge is 0.223 e. The molecule has 0 saturated carbocycles. The van der Waals surface area contributed by atoms with E-state index < -0.39 is 15.1 Å². The van der Waals surface area contributed by atoms with Crippen LogP contribution < -0.4 is 10.6 Å². The Kier molecular flexibility index (Phi) is 6.32. The molecule has 1 aromatic carbocycles. The Hall–Kier alpha value is -2.72. The van der Waals surface area contributed by atoms with Crippen LogP contribution in [0.15, 0.2) is 35.5 Å². The van der Waals surface area contributed by atoms with E-state index in [0.717, 1.165) is 5.69 Å². The number of hydrogen-bond acceptors (Lipinski definition) is 8. The fourth-order valence-electron chi connectivity index (χ4n) is 4.00. The number of anilines is 2. The molecule has 9 nitrogen and oxygen atoms in total. The van der Waals surface area contributed by atoms with Gasteiger partial charge in [-0.3, -0.25) is 4.79 Å². The summed E-state index contributed by atoms with van der Waals surface area (Å²) >= 11 is 0. The summed E-state index contributed by atoms with van der Waals surface area (Å²) in [5.74, 6) is 0.154. The number of carbonyl (C=O) groups is 1. The van der Waals surface area contributed by atoms with Crippen LogP contribution in [0.1, 0.15) is 27.2 Å². The first-order chi connectivity index (χ1) is 15.5. The second kappa shape index (κ2) is 8.90. The van der Waals surface area contributed by atoms with Gasteiger partial charge in [0.25, 0.3) is 0 Å². The van der Waals surface area contributed by atoms with E-state index >= 15 is 0 Å². The number of amides is 1. The van der Waals surface area contributed by atoms with Crippen molar-refractivity contribution in [3.8, 4) is 11.1 Å². The normalized spacial score (nSPS) is 17.7. The number of rotatable bonds is 5. The van der Waals surface area contributed by atoms with Gasteiger partial charge in [0.1, 0.15) is 5.25 Å². The average Bonchev–Trinajstić information content (AvgIpc) is 2.72. The number of hydrogen-bond donors (Lipinski definition) is 1. The van der Waals surface area contributed by atoms with E-state index in [4.69, 9.17) is 10.5 Å². The lowest BCUT2D eigenvalue weighted by Gasteiger charge is -2.40. The molecule has 0 unspecified atom stereocenters. The van der Waals surface area contributed by atoms with Gasteiger partial charge in [-0.05, 0) is 29.2 Å². The summed E-state index contributed by atoms with van der Waals surface area (Å²) < 4.78 is 32.5. The molecule has 2 N–H and O–H groups in total. The van der Waals surface area contributed by atoms with E-state index in [0.29, 0.717) is 43.9 Å². The standard InChI is InChI=1S/C23H31N5O4S/c1-23(2,3)11-21(29)28-14-20(15-28)33(30,31)19-9-16(17-12-25-22(24)26-13-17)8-18(10-19)27-4-6-32-7-5-27/h8-10,12-13,20H,4-7,11,14-15H2,1-3H3,(H2,24,25,26). The molecule has 3 heterocycles. The third-order valence-electron chi connectivity index (χ3n) is 5.92. The molecule has 2 saturated heterocycles. The van der Waals surface area contributed by atoms with Crippen LogP contribution in [0.5, 0.6) is 0 Å². The van der Waals surface area contributed by atoms with Gasteiger partial charge in [0.15, 0.2) is 9.84 Å². The predicted octanol–water partition coefficient (Wildman–Crippen LogP) is 1.98. The maximum Gasteiger partial charge on any atom is 0.223 e. The van der Waals surface area contributed by atoms with Crippen LogP contribution in [0, 0.1) is 5.41 Å². The molecule has 4 rings (SSSR count). The van der Waals surface area contributed by atoms with Gasteiger partial charge in [0.05, 0.1) is 18.1 Å². The lowest BCUT2D eigenvalue weighted by Crippen LogP contribution is -2.57. The van der Waals surface area contributed by atoms with Gasteiger partial charge in [-0.15, -0.1) is 0 Å². The Balaban J connectivity index is 1.62. The minimum Gasteiger partial charge on any atom is -0.378 e. The summed E-state index contributed by atoms with van der Waals surface area (Å²) in [4.78, 5) is 24.6. The molecule has 10 heteroatoms. The van der Waals surface area contributed by atoms with E-state index in [-0.39, 0.29) is 35.3 Å². The highest BCUT2D eigenvalue weighted by atomic mass is 32.2. The molecule has 0 radical (unpaired) electrons. The molecule has 1 amide bonds. The van der Waals surface area contributed by atoms with Gasteiger partial charge in [0.2, 0.25) is 11.9 Å². The molecular weight excluding hydrogens is 442 g/mol. The summed E-state index contributed by atoms with van der Waals surface area (Å²) in [5, 5.41) is -0.614. The Morgan fingerprint density at radius 1 is 1.09 bits per heavy atom. The van der Waals surface area contributed by atoms with Crippen molar-refractivity contribution < 1.29 is 17.9 Å². The minimum absolute atomic E-state index is 0.00395. The number of benzene rings is 1. The highest BCUT2D eigenvalue weighted by Crippen LogP contribution is 2.33. The molecule has 0 spiro atoms. The highest BCUT2D eigenvalue weighted by Gasteiger charge is 2.41. The molecule has 2 aliphatic heterocycles. The lowest BCUT2D eigenvalue weighted by atomic mass is 9.91. The van der Waals surface area contributed by atoms with Crippen molar-refractivity contribution in [3.63, 3.8) is 0 Å². The minimum atomic E-state index is -3.63. The van der Waals surface area contributed by atoms with Crippen LogP contribution in [0.25, 0.3) is 11.1 Å². The molecule has 2 fully saturated rings. The number of morpholine rings is 1. The highest BCUT2D eigenvalue weighted by molar-refractivity contribution is 7.92. The molecule has 0 aliphatic carbocycles. The Labute approximate surface area is 194 Å². The van der Waals surface area contributed by atoms with Gasteiger partial charge < -0.3 is 20.3 Å². The zero-order chi connectivity index (χ0) is 23.8. The molecule has 178 valence electrons. The molecule has 0 atom stereocenters. The largest absolute Gasteiger partial charge is 0.378 e. The Morgan fingerprint density at radius 3 is 2.33 bits per heavy atom. The second-order valence-electron chi connectivity index (χ2n) is 9.85. The zero-order valence-electron chi connectivity index (χ0n) is 19.3. The van der Waals surface area contributed by atoms with Crippen LogP contribution in [-0.4, -0.2) is 73.8 Å². The fraction of sp³-hybridized carbons (Fsp3) is 0.522. The van der Waals surface area contributed by atoms with Crippen molar-refractivity contribution in [3.05, 3.63) is 30.6 Å². The second-order valence-corrected chi connectivity index (χ2v) is 12.1. The first kappa shape index (κ1) is 23.4. The van der Waals surface area contributed by atoms with Crippen LogP contribution in [0.4, 0.5) is 11.6 Å². The van der Waals surface area contributed by atoms with Crippen molar-refractivity contribution in [1.82, 2.24) is 14.9 Å². The number of nitrogens with zero attached hydrogens (tertiary/aromatic N) is 4. The molecular formula is C23H31N5O4S. The molecule has 33 heavy (non-hydrogen) atoms. The fourth-order valence-corrected chi connectivity index (χ4v) is 5.71. The van der Waals surface area contributed by atoms with Crippen LogP contribution in [0.3, 0.4) is 0 Å². The predicted molar refractivity (Wildman–Crippen MR) is 127 cm³/mol. The van der Waals surface area contributed by atoms with Crippen LogP contribution in [-0.2, 0) is 19.4 Å². The Bertz CT molecular complexity index is 1120. The number of sulfone groups is 1. The van der Waals surface area contributed by atoms with Gasteiger partial charge in [-0.1, -0.05) is 20.8 Å². The number of carbonyl (C=O) groups excluding carboxylic acids is 1. The zero-order valence-corrected chi connectivity index (χ0v) is 20.1. The third kappa shape index (κ3) is 5.27. The molecule has 1 aromatic heterocycles. The van der Waals surface area contributed by atoms with Crippen LogP contribution in [0.2, 0.25) is 0 Å². The van der Waals surface area contributed by atoms with Crippen LogP contribution >= 0.6 is 0 Å². The average molecular weight is 474 g/mol. The summed E-state index contributed by atoms with van der Waals surface area (Å²) in [6.45, 7) is 8.98. The summed E-state index contributed by atoms with van der Waals surface area (Å²) in [6, 6.07) is 5.33. The first-order valence-corrected chi connectivity index (χ1v) is 12.6. The number of nitrogens with two attached hydrogens (primary N) is 1. The van der Waals surface area contributed by atoms with Crippen molar-refractivity contribution in [2.24, 2.45) is 5.41 Å². The van der Waals surface area contributed by atoms with E-state index in [1.54, 1.807) is 29.4 Å².